The van der Waals surface area contributed by atoms with Crippen molar-refractivity contribution in [3.05, 3.63) is 65.2 Å². The highest BCUT2D eigenvalue weighted by Crippen LogP contribution is 2.21. The van der Waals surface area contributed by atoms with Crippen LogP contribution in [0.25, 0.3) is 0 Å². The van der Waals surface area contributed by atoms with Crippen LogP contribution >= 0.6 is 0 Å². The highest BCUT2D eigenvalue weighted by Gasteiger charge is 2.26. The van der Waals surface area contributed by atoms with Gasteiger partial charge in [-0.3, -0.25) is 9.59 Å². The molecule has 1 amide bonds. The quantitative estimate of drug-likeness (QED) is 0.863. The molecule has 1 aliphatic carbocycles. The Morgan fingerprint density at radius 3 is 2.23 bits per heavy atom. The van der Waals surface area contributed by atoms with Crippen LogP contribution in [-0.4, -0.2) is 24.8 Å². The molecule has 0 spiro atoms. The first kappa shape index (κ1) is 14.3. The van der Waals surface area contributed by atoms with E-state index in [1.807, 2.05) is 0 Å². The van der Waals surface area contributed by atoms with Crippen LogP contribution in [0.4, 0.5) is 0 Å². The average molecular weight is 295 g/mol. The van der Waals surface area contributed by atoms with Gasteiger partial charge >= 0.3 is 0 Å². The topological polar surface area (TPSA) is 55.4 Å². The average Bonchev–Trinajstić information content (AvgIpc) is 3.38. The number of ether oxygens (including phenoxy) is 1. The van der Waals surface area contributed by atoms with Gasteiger partial charge in [-0.15, -0.1) is 0 Å². The molecule has 112 valence electrons. The Morgan fingerprint density at radius 2 is 1.64 bits per heavy atom. The van der Waals surface area contributed by atoms with Crippen LogP contribution in [0.2, 0.25) is 0 Å². The minimum atomic E-state index is -0.181. The van der Waals surface area contributed by atoms with Crippen LogP contribution in [0.5, 0.6) is 5.75 Å². The predicted octanol–water partition coefficient (Wildman–Crippen LogP) is 2.82. The number of nitrogens with one attached hydrogen (secondary N) is 1. The fourth-order valence-electron chi connectivity index (χ4n) is 2.27. The van der Waals surface area contributed by atoms with E-state index in [0.29, 0.717) is 22.4 Å². The number of ketones is 1. The lowest BCUT2D eigenvalue weighted by molar-refractivity contribution is 0.0939. The maximum absolute atomic E-state index is 12.7. The van der Waals surface area contributed by atoms with Gasteiger partial charge in [0.25, 0.3) is 5.91 Å². The number of hydrogen-bond donors (Lipinski definition) is 1. The van der Waals surface area contributed by atoms with Crippen molar-refractivity contribution in [2.24, 2.45) is 0 Å². The van der Waals surface area contributed by atoms with Gasteiger partial charge in [0.1, 0.15) is 5.75 Å². The van der Waals surface area contributed by atoms with Crippen molar-refractivity contribution in [1.82, 2.24) is 5.32 Å². The van der Waals surface area contributed by atoms with Crippen molar-refractivity contribution in [3.8, 4) is 5.75 Å². The third-order valence-corrected chi connectivity index (χ3v) is 3.68. The summed E-state index contributed by atoms with van der Waals surface area (Å²) in [6, 6.07) is 14.1. The molecule has 4 nitrogen and oxygen atoms in total. The molecule has 22 heavy (non-hydrogen) atoms. The van der Waals surface area contributed by atoms with Crippen molar-refractivity contribution >= 4 is 11.7 Å². The molecule has 0 radical (unpaired) electrons. The Kier molecular flexibility index (Phi) is 3.92. The summed E-state index contributed by atoms with van der Waals surface area (Å²) in [5.41, 5.74) is 1.38. The van der Waals surface area contributed by atoms with Gasteiger partial charge in [-0.1, -0.05) is 18.2 Å². The van der Waals surface area contributed by atoms with Gasteiger partial charge in [-0.2, -0.15) is 0 Å². The Morgan fingerprint density at radius 1 is 1.00 bits per heavy atom. The molecular weight excluding hydrogens is 278 g/mol. The normalized spacial score (nSPS) is 13.5. The van der Waals surface area contributed by atoms with Crippen LogP contribution in [0.1, 0.15) is 39.1 Å². The Hall–Kier alpha value is -2.62. The van der Waals surface area contributed by atoms with Gasteiger partial charge in [0.2, 0.25) is 0 Å². The van der Waals surface area contributed by atoms with E-state index in [9.17, 15) is 9.59 Å². The van der Waals surface area contributed by atoms with Crippen LogP contribution < -0.4 is 10.1 Å². The first-order chi connectivity index (χ1) is 10.7. The molecule has 0 saturated heterocycles. The maximum Gasteiger partial charge on any atom is 0.252 e. The van der Waals surface area contributed by atoms with E-state index in [0.717, 1.165) is 12.8 Å². The van der Waals surface area contributed by atoms with E-state index in [2.05, 4.69) is 5.32 Å². The summed E-state index contributed by atoms with van der Waals surface area (Å²) < 4.78 is 5.09. The lowest BCUT2D eigenvalue weighted by atomic mass is 9.98. The molecule has 4 heteroatoms. The van der Waals surface area contributed by atoms with Crippen molar-refractivity contribution in [3.63, 3.8) is 0 Å². The molecule has 1 aliphatic rings. The van der Waals surface area contributed by atoms with Gasteiger partial charge in [0.15, 0.2) is 5.78 Å². The molecule has 1 N–H and O–H groups in total. The van der Waals surface area contributed by atoms with Crippen molar-refractivity contribution in [2.45, 2.75) is 18.9 Å². The van der Waals surface area contributed by atoms with E-state index in [4.69, 9.17) is 4.74 Å². The van der Waals surface area contributed by atoms with Gasteiger partial charge in [0.05, 0.1) is 12.7 Å². The van der Waals surface area contributed by atoms with E-state index >= 15 is 0 Å². The summed E-state index contributed by atoms with van der Waals surface area (Å²) in [5.74, 6) is 0.348. The number of methoxy groups -OCH3 is 1. The second kappa shape index (κ2) is 6.02. The zero-order chi connectivity index (χ0) is 15.5. The monoisotopic (exact) mass is 295 g/mol. The van der Waals surface area contributed by atoms with Crippen molar-refractivity contribution in [1.29, 1.82) is 0 Å². The first-order valence-corrected chi connectivity index (χ1v) is 7.27. The molecule has 0 heterocycles. The second-order valence-electron chi connectivity index (χ2n) is 5.35. The van der Waals surface area contributed by atoms with E-state index in [-0.39, 0.29) is 17.7 Å². The lowest BCUT2D eigenvalue weighted by Gasteiger charge is -2.09. The number of rotatable bonds is 5. The van der Waals surface area contributed by atoms with Crippen LogP contribution in [0.3, 0.4) is 0 Å². The van der Waals surface area contributed by atoms with Crippen molar-refractivity contribution < 1.29 is 14.3 Å². The second-order valence-corrected chi connectivity index (χ2v) is 5.35. The largest absolute Gasteiger partial charge is 0.497 e. The van der Waals surface area contributed by atoms with E-state index < -0.39 is 0 Å². The van der Waals surface area contributed by atoms with Gasteiger partial charge in [-0.25, -0.2) is 0 Å². The van der Waals surface area contributed by atoms with Gasteiger partial charge < -0.3 is 10.1 Å². The molecule has 0 unspecified atom stereocenters. The molecular formula is C18H17NO3. The number of carbonyl (C=O) groups excluding carboxylic acids is 2. The fraction of sp³-hybridized carbons (Fsp3) is 0.222. The van der Waals surface area contributed by atoms with E-state index in [1.165, 1.54) is 0 Å². The van der Waals surface area contributed by atoms with Crippen LogP contribution in [-0.2, 0) is 0 Å². The van der Waals surface area contributed by atoms with Crippen LogP contribution in [0, 0.1) is 0 Å². The molecule has 0 atom stereocenters. The third-order valence-electron chi connectivity index (χ3n) is 3.68. The third kappa shape index (κ3) is 3.01. The summed E-state index contributed by atoms with van der Waals surface area (Å²) in [4.78, 5) is 24.9. The maximum atomic E-state index is 12.7. The first-order valence-electron chi connectivity index (χ1n) is 7.27. The molecule has 0 bridgehead atoms. The fourth-order valence-corrected chi connectivity index (χ4v) is 2.27. The highest BCUT2D eigenvalue weighted by molar-refractivity contribution is 6.15. The Balaban J connectivity index is 1.89. The van der Waals surface area contributed by atoms with Crippen molar-refractivity contribution in [2.75, 3.05) is 7.11 Å². The number of benzene rings is 2. The number of amides is 1. The highest BCUT2D eigenvalue weighted by atomic mass is 16.5. The Labute approximate surface area is 129 Å². The minimum Gasteiger partial charge on any atom is -0.497 e. The molecule has 0 aliphatic heterocycles. The molecule has 1 fully saturated rings. The summed E-state index contributed by atoms with van der Waals surface area (Å²) in [5, 5.41) is 2.92. The standard InChI is InChI=1S/C18H17NO3/c1-22-14-10-6-12(7-11-14)17(20)15-4-2-3-5-16(15)18(21)19-13-8-9-13/h2-7,10-11,13H,8-9H2,1H3,(H,19,21). The molecule has 2 aromatic carbocycles. The van der Waals surface area contributed by atoms with E-state index in [1.54, 1.807) is 55.6 Å². The molecule has 2 aromatic rings. The predicted molar refractivity (Wildman–Crippen MR) is 83.4 cm³/mol. The minimum absolute atomic E-state index is 0.163. The molecule has 3 rings (SSSR count). The van der Waals surface area contributed by atoms with Gasteiger partial charge in [-0.05, 0) is 43.2 Å². The smallest absolute Gasteiger partial charge is 0.252 e. The summed E-state index contributed by atoms with van der Waals surface area (Å²) >= 11 is 0. The van der Waals surface area contributed by atoms with Crippen LogP contribution in [0.15, 0.2) is 48.5 Å². The zero-order valence-corrected chi connectivity index (χ0v) is 12.3. The Bertz CT molecular complexity index is 703. The molecule has 0 aromatic heterocycles. The van der Waals surface area contributed by atoms with Gasteiger partial charge in [0, 0.05) is 17.2 Å². The summed E-state index contributed by atoms with van der Waals surface area (Å²) in [7, 11) is 1.58. The number of carbonyl (C=O) groups is 2. The molecule has 1 saturated carbocycles. The summed E-state index contributed by atoms with van der Waals surface area (Å²) in [6.07, 6.45) is 2.03. The lowest BCUT2D eigenvalue weighted by Crippen LogP contribution is -2.27. The summed E-state index contributed by atoms with van der Waals surface area (Å²) in [6.45, 7) is 0. The number of hydrogen-bond acceptors (Lipinski definition) is 3. The SMILES string of the molecule is COc1ccc(C(=O)c2ccccc2C(=O)NC2CC2)cc1. The zero-order valence-electron chi connectivity index (χ0n) is 12.3.